The molecular weight excluding hydrogens is 365 g/mol. The number of nitro benzene ring substituents is 1. The predicted octanol–water partition coefficient (Wildman–Crippen LogP) is 3.07. The normalized spacial score (nSPS) is 16.3. The van der Waals surface area contributed by atoms with E-state index in [1.54, 1.807) is 30.0 Å². The average molecular weight is 385 g/mol. The molecule has 1 saturated heterocycles. The molecule has 2 amide bonds. The molecule has 146 valence electrons. The monoisotopic (exact) mass is 385 g/mol. The number of aryl methyl sites for hydroxylation is 1. The third kappa shape index (κ3) is 4.51. The maximum Gasteiger partial charge on any atom is 0.271 e. The molecule has 1 heterocycles. The first-order chi connectivity index (χ1) is 13.3. The molecule has 3 rings (SSSR count). The molecule has 0 saturated carbocycles. The summed E-state index contributed by atoms with van der Waals surface area (Å²) in [5.74, 6) is -1.27. The Kier molecular flexibility index (Phi) is 5.67. The van der Waals surface area contributed by atoms with Crippen LogP contribution < -0.4 is 5.32 Å². The van der Waals surface area contributed by atoms with E-state index in [9.17, 15) is 24.1 Å². The van der Waals surface area contributed by atoms with Gasteiger partial charge in [-0.15, -0.1) is 0 Å². The third-order valence-corrected chi connectivity index (χ3v) is 4.86. The maximum atomic E-state index is 13.0. The number of carbonyl (C=O) groups is 2. The molecule has 2 aromatic rings. The Morgan fingerprint density at radius 1 is 1.29 bits per heavy atom. The molecular formula is C20H20FN3O4. The summed E-state index contributed by atoms with van der Waals surface area (Å²) < 4.78 is 13.0. The SMILES string of the molecule is Cc1ccc([N+](=O)[O-])cc1NC(=O)C1CC(=O)N(CCc2ccc(F)cc2)C1. The van der Waals surface area contributed by atoms with E-state index >= 15 is 0 Å². The van der Waals surface area contributed by atoms with E-state index in [0.717, 1.165) is 5.56 Å². The standard InChI is InChI=1S/C20H20FN3O4/c1-13-2-7-17(24(27)28)11-18(13)22-20(26)15-10-19(25)23(12-15)9-8-14-3-5-16(21)6-4-14/h2-7,11,15H,8-10,12H2,1H3,(H,22,26). The lowest BCUT2D eigenvalue weighted by molar-refractivity contribution is -0.384. The smallest absolute Gasteiger partial charge is 0.271 e. The average Bonchev–Trinajstić information content (AvgIpc) is 3.04. The molecule has 7 nitrogen and oxygen atoms in total. The quantitative estimate of drug-likeness (QED) is 0.611. The fourth-order valence-corrected chi connectivity index (χ4v) is 3.17. The van der Waals surface area contributed by atoms with E-state index in [2.05, 4.69) is 5.32 Å². The lowest BCUT2D eigenvalue weighted by Crippen LogP contribution is -2.30. The number of nitrogens with one attached hydrogen (secondary N) is 1. The van der Waals surface area contributed by atoms with Crippen molar-refractivity contribution in [3.63, 3.8) is 0 Å². The number of hydrogen-bond donors (Lipinski definition) is 1. The van der Waals surface area contributed by atoms with Gasteiger partial charge in [-0.05, 0) is 36.6 Å². The Morgan fingerprint density at radius 3 is 2.68 bits per heavy atom. The first-order valence-corrected chi connectivity index (χ1v) is 8.91. The van der Waals surface area contributed by atoms with Crippen LogP contribution in [0.5, 0.6) is 0 Å². The van der Waals surface area contributed by atoms with Gasteiger partial charge in [-0.3, -0.25) is 19.7 Å². The predicted molar refractivity (Wildman–Crippen MR) is 101 cm³/mol. The van der Waals surface area contributed by atoms with Gasteiger partial charge in [0, 0.05) is 31.6 Å². The molecule has 1 aliphatic heterocycles. The van der Waals surface area contributed by atoms with Crippen molar-refractivity contribution in [1.82, 2.24) is 4.90 Å². The topological polar surface area (TPSA) is 92.5 Å². The van der Waals surface area contributed by atoms with Gasteiger partial charge in [-0.1, -0.05) is 18.2 Å². The number of hydrogen-bond acceptors (Lipinski definition) is 4. The van der Waals surface area contributed by atoms with E-state index in [1.807, 2.05) is 0 Å². The van der Waals surface area contributed by atoms with Gasteiger partial charge < -0.3 is 10.2 Å². The van der Waals surface area contributed by atoms with Crippen LogP contribution in [0.3, 0.4) is 0 Å². The Labute approximate surface area is 161 Å². The second-order valence-electron chi connectivity index (χ2n) is 6.86. The van der Waals surface area contributed by atoms with Crippen molar-refractivity contribution in [3.8, 4) is 0 Å². The van der Waals surface area contributed by atoms with Crippen molar-refractivity contribution in [2.45, 2.75) is 19.8 Å². The number of carbonyl (C=O) groups excluding carboxylic acids is 2. The number of rotatable bonds is 6. The number of nitro groups is 1. The van der Waals surface area contributed by atoms with Crippen LogP contribution in [0.25, 0.3) is 0 Å². The highest BCUT2D eigenvalue weighted by atomic mass is 19.1. The van der Waals surface area contributed by atoms with Crippen LogP contribution in [-0.4, -0.2) is 34.7 Å². The summed E-state index contributed by atoms with van der Waals surface area (Å²) in [6, 6.07) is 10.4. The van der Waals surface area contributed by atoms with Crippen LogP contribution in [0.2, 0.25) is 0 Å². The summed E-state index contributed by atoms with van der Waals surface area (Å²) in [6.07, 6.45) is 0.674. The molecule has 1 aliphatic rings. The van der Waals surface area contributed by atoms with Crippen LogP contribution in [0.15, 0.2) is 42.5 Å². The molecule has 0 aromatic heterocycles. The van der Waals surface area contributed by atoms with E-state index in [4.69, 9.17) is 0 Å². The third-order valence-electron chi connectivity index (χ3n) is 4.86. The highest BCUT2D eigenvalue weighted by Gasteiger charge is 2.34. The highest BCUT2D eigenvalue weighted by Crippen LogP contribution is 2.25. The number of non-ortho nitro benzene ring substituents is 1. The largest absolute Gasteiger partial charge is 0.342 e. The van der Waals surface area contributed by atoms with Crippen molar-refractivity contribution in [2.24, 2.45) is 5.92 Å². The molecule has 0 aliphatic carbocycles. The molecule has 2 aromatic carbocycles. The summed E-state index contributed by atoms with van der Waals surface area (Å²) in [6.45, 7) is 2.48. The number of halogens is 1. The van der Waals surface area contributed by atoms with Gasteiger partial charge in [0.2, 0.25) is 11.8 Å². The van der Waals surface area contributed by atoms with Crippen molar-refractivity contribution in [1.29, 1.82) is 0 Å². The van der Waals surface area contributed by atoms with Crippen LogP contribution in [0, 0.1) is 28.8 Å². The van der Waals surface area contributed by atoms with E-state index in [0.29, 0.717) is 30.8 Å². The molecule has 1 atom stereocenters. The van der Waals surface area contributed by atoms with Gasteiger partial charge in [0.25, 0.3) is 5.69 Å². The molecule has 0 bridgehead atoms. The van der Waals surface area contributed by atoms with Crippen molar-refractivity contribution in [2.75, 3.05) is 18.4 Å². The molecule has 1 N–H and O–H groups in total. The van der Waals surface area contributed by atoms with Gasteiger partial charge in [0.1, 0.15) is 5.82 Å². The van der Waals surface area contributed by atoms with Crippen molar-refractivity contribution in [3.05, 3.63) is 69.5 Å². The summed E-state index contributed by atoms with van der Waals surface area (Å²) in [4.78, 5) is 36.8. The zero-order chi connectivity index (χ0) is 20.3. The fraction of sp³-hybridized carbons (Fsp3) is 0.300. The highest BCUT2D eigenvalue weighted by molar-refractivity contribution is 5.97. The van der Waals surface area contributed by atoms with Crippen LogP contribution >= 0.6 is 0 Å². The fourth-order valence-electron chi connectivity index (χ4n) is 3.17. The molecule has 0 spiro atoms. The second-order valence-corrected chi connectivity index (χ2v) is 6.86. The van der Waals surface area contributed by atoms with Crippen LogP contribution in [0.1, 0.15) is 17.5 Å². The zero-order valence-electron chi connectivity index (χ0n) is 15.4. The number of anilines is 1. The second kappa shape index (κ2) is 8.16. The van der Waals surface area contributed by atoms with Crippen molar-refractivity contribution >= 4 is 23.2 Å². The van der Waals surface area contributed by atoms with Gasteiger partial charge >= 0.3 is 0 Å². The molecule has 8 heteroatoms. The van der Waals surface area contributed by atoms with E-state index < -0.39 is 10.8 Å². The van der Waals surface area contributed by atoms with Gasteiger partial charge in [-0.2, -0.15) is 0 Å². The van der Waals surface area contributed by atoms with Crippen LogP contribution in [0.4, 0.5) is 15.8 Å². The van der Waals surface area contributed by atoms with Gasteiger partial charge in [-0.25, -0.2) is 4.39 Å². The van der Waals surface area contributed by atoms with E-state index in [1.165, 1.54) is 24.3 Å². The number of amides is 2. The molecule has 0 radical (unpaired) electrons. The lowest BCUT2D eigenvalue weighted by atomic mass is 10.1. The minimum Gasteiger partial charge on any atom is -0.342 e. The molecule has 1 unspecified atom stereocenters. The number of likely N-dealkylation sites (tertiary alicyclic amines) is 1. The first kappa shape index (κ1) is 19.5. The Hall–Kier alpha value is -3.29. The Bertz CT molecular complexity index is 914. The zero-order valence-corrected chi connectivity index (χ0v) is 15.4. The molecule has 1 fully saturated rings. The summed E-state index contributed by atoms with van der Waals surface area (Å²) in [5, 5.41) is 13.6. The van der Waals surface area contributed by atoms with Crippen molar-refractivity contribution < 1.29 is 18.9 Å². The van der Waals surface area contributed by atoms with Gasteiger partial charge in [0.05, 0.1) is 16.5 Å². The number of benzene rings is 2. The maximum absolute atomic E-state index is 13.0. The first-order valence-electron chi connectivity index (χ1n) is 8.91. The minimum absolute atomic E-state index is 0.100. The van der Waals surface area contributed by atoms with Gasteiger partial charge in [0.15, 0.2) is 0 Å². The summed E-state index contributed by atoms with van der Waals surface area (Å²) >= 11 is 0. The van der Waals surface area contributed by atoms with E-state index in [-0.39, 0.29) is 29.7 Å². The Morgan fingerprint density at radius 2 is 2.00 bits per heavy atom. The summed E-state index contributed by atoms with van der Waals surface area (Å²) in [7, 11) is 0. The minimum atomic E-state index is -0.522. The molecule has 28 heavy (non-hydrogen) atoms. The number of nitrogens with zero attached hydrogens (tertiary/aromatic N) is 2. The van der Waals surface area contributed by atoms with Crippen LogP contribution in [-0.2, 0) is 16.0 Å². The summed E-state index contributed by atoms with van der Waals surface area (Å²) in [5.41, 5.74) is 1.88. The Balaban J connectivity index is 1.60. The lowest BCUT2D eigenvalue weighted by Gasteiger charge is -2.17.